The van der Waals surface area contributed by atoms with Gasteiger partial charge in [-0.05, 0) is 42.8 Å². The summed E-state index contributed by atoms with van der Waals surface area (Å²) in [5.41, 5.74) is 2.11. The molecular formula is C16H18Cl2N2O. The van der Waals surface area contributed by atoms with Gasteiger partial charge in [0, 0.05) is 23.3 Å². The number of hydrogen-bond acceptors (Lipinski definition) is 3. The first kappa shape index (κ1) is 16.1. The molecule has 5 heteroatoms. The van der Waals surface area contributed by atoms with Crippen molar-refractivity contribution in [3.05, 3.63) is 51.6 Å². The number of nitrogens with zero attached hydrogens (tertiary/aromatic N) is 1. The lowest BCUT2D eigenvalue weighted by molar-refractivity contribution is 0.458. The largest absolute Gasteiger partial charge is 0.437 e. The molecule has 0 radical (unpaired) electrons. The number of rotatable bonds is 5. The van der Waals surface area contributed by atoms with Crippen molar-refractivity contribution in [2.75, 3.05) is 7.05 Å². The average Bonchev–Trinajstić information content (AvgIpc) is 2.42. The quantitative estimate of drug-likeness (QED) is 0.838. The van der Waals surface area contributed by atoms with Crippen molar-refractivity contribution >= 4 is 23.2 Å². The molecule has 112 valence electrons. The minimum absolute atomic E-state index is 0.324. The normalized spacial score (nSPS) is 11.0. The summed E-state index contributed by atoms with van der Waals surface area (Å²) in [5.74, 6) is 1.41. The number of benzene rings is 1. The predicted molar refractivity (Wildman–Crippen MR) is 87.6 cm³/mol. The van der Waals surface area contributed by atoms with Gasteiger partial charge in [0.25, 0.3) is 0 Å². The molecule has 0 saturated heterocycles. The highest BCUT2D eigenvalue weighted by atomic mass is 35.5. The number of nitrogens with one attached hydrogen (secondary N) is 1. The standard InChI is InChI=1S/C16H18Cl2N2O/c1-10(2)14-6-11(9-19-3)7-16(20-14)21-15-5-4-12(17)8-13(15)18/h4-8,10,19H,9H2,1-3H3. The summed E-state index contributed by atoms with van der Waals surface area (Å²) in [6.07, 6.45) is 0. The van der Waals surface area contributed by atoms with Crippen LogP contribution in [0.25, 0.3) is 0 Å². The van der Waals surface area contributed by atoms with Crippen LogP contribution in [0.2, 0.25) is 10.0 Å². The zero-order chi connectivity index (χ0) is 15.4. The summed E-state index contributed by atoms with van der Waals surface area (Å²) in [7, 11) is 1.91. The molecule has 2 aromatic rings. The van der Waals surface area contributed by atoms with Crippen LogP contribution in [-0.2, 0) is 6.54 Å². The summed E-state index contributed by atoms with van der Waals surface area (Å²) in [6.45, 7) is 4.96. The Morgan fingerprint density at radius 2 is 1.95 bits per heavy atom. The van der Waals surface area contributed by atoms with Crippen LogP contribution in [0, 0.1) is 0 Å². The van der Waals surface area contributed by atoms with Crippen molar-refractivity contribution in [3.63, 3.8) is 0 Å². The number of halogens is 2. The maximum Gasteiger partial charge on any atom is 0.219 e. The fourth-order valence-corrected chi connectivity index (χ4v) is 2.35. The van der Waals surface area contributed by atoms with Crippen molar-refractivity contribution in [1.82, 2.24) is 10.3 Å². The monoisotopic (exact) mass is 324 g/mol. The molecule has 0 saturated carbocycles. The minimum atomic E-state index is 0.324. The smallest absolute Gasteiger partial charge is 0.219 e. The van der Waals surface area contributed by atoms with E-state index in [9.17, 15) is 0 Å². The first-order valence-corrected chi connectivity index (χ1v) is 7.53. The Morgan fingerprint density at radius 3 is 2.57 bits per heavy atom. The number of hydrogen-bond donors (Lipinski definition) is 1. The van der Waals surface area contributed by atoms with Gasteiger partial charge in [-0.2, -0.15) is 0 Å². The van der Waals surface area contributed by atoms with Crippen LogP contribution in [0.1, 0.15) is 31.0 Å². The summed E-state index contributed by atoms with van der Waals surface area (Å²) in [6, 6.07) is 9.12. The van der Waals surface area contributed by atoms with E-state index in [1.807, 2.05) is 13.1 Å². The van der Waals surface area contributed by atoms with Crippen LogP contribution < -0.4 is 10.1 Å². The van der Waals surface area contributed by atoms with Gasteiger partial charge in [-0.1, -0.05) is 37.0 Å². The second kappa shape index (κ2) is 7.12. The third-order valence-corrected chi connectivity index (χ3v) is 3.49. The zero-order valence-electron chi connectivity index (χ0n) is 12.3. The third kappa shape index (κ3) is 4.34. The van der Waals surface area contributed by atoms with Crippen LogP contribution in [-0.4, -0.2) is 12.0 Å². The van der Waals surface area contributed by atoms with E-state index >= 15 is 0 Å². The molecule has 1 aromatic carbocycles. The molecule has 1 N–H and O–H groups in total. The van der Waals surface area contributed by atoms with Crippen molar-refractivity contribution in [2.24, 2.45) is 0 Å². The van der Waals surface area contributed by atoms with E-state index in [1.165, 1.54) is 0 Å². The third-order valence-electron chi connectivity index (χ3n) is 2.96. The number of pyridine rings is 1. The average molecular weight is 325 g/mol. The maximum atomic E-state index is 6.13. The van der Waals surface area contributed by atoms with Gasteiger partial charge in [0.1, 0.15) is 5.75 Å². The Hall–Kier alpha value is -1.29. The van der Waals surface area contributed by atoms with Crippen LogP contribution in [0.3, 0.4) is 0 Å². The Bertz CT molecular complexity index is 630. The predicted octanol–water partition coefficient (Wildman–Crippen LogP) is 5.02. The van der Waals surface area contributed by atoms with E-state index in [4.69, 9.17) is 27.9 Å². The van der Waals surface area contributed by atoms with Crippen molar-refractivity contribution < 1.29 is 4.74 Å². The van der Waals surface area contributed by atoms with E-state index < -0.39 is 0 Å². The molecule has 21 heavy (non-hydrogen) atoms. The lowest BCUT2D eigenvalue weighted by atomic mass is 10.1. The van der Waals surface area contributed by atoms with Crippen LogP contribution in [0.15, 0.2) is 30.3 Å². The highest BCUT2D eigenvalue weighted by Gasteiger charge is 2.10. The van der Waals surface area contributed by atoms with Crippen molar-refractivity contribution in [3.8, 4) is 11.6 Å². The molecule has 3 nitrogen and oxygen atoms in total. The summed E-state index contributed by atoms with van der Waals surface area (Å²) in [4.78, 5) is 4.53. The molecule has 0 amide bonds. The topological polar surface area (TPSA) is 34.1 Å². The Balaban J connectivity index is 2.33. The van der Waals surface area contributed by atoms with Crippen LogP contribution in [0.5, 0.6) is 11.6 Å². The van der Waals surface area contributed by atoms with Crippen molar-refractivity contribution in [2.45, 2.75) is 26.3 Å². The molecule has 1 aromatic heterocycles. The second-order valence-corrected chi connectivity index (χ2v) is 5.94. The Kier molecular flexibility index (Phi) is 5.45. The van der Waals surface area contributed by atoms with E-state index in [0.717, 1.165) is 17.8 Å². The molecule has 0 aliphatic heterocycles. The lowest BCUT2D eigenvalue weighted by Crippen LogP contribution is -2.07. The van der Waals surface area contributed by atoms with Gasteiger partial charge in [-0.15, -0.1) is 0 Å². The Morgan fingerprint density at radius 1 is 1.19 bits per heavy atom. The minimum Gasteiger partial charge on any atom is -0.437 e. The van der Waals surface area contributed by atoms with Crippen LogP contribution in [0.4, 0.5) is 0 Å². The molecule has 0 spiro atoms. The Labute approximate surface area is 135 Å². The highest BCUT2D eigenvalue weighted by molar-refractivity contribution is 6.35. The molecule has 0 bridgehead atoms. The van der Waals surface area contributed by atoms with Gasteiger partial charge < -0.3 is 10.1 Å². The fraction of sp³-hybridized carbons (Fsp3) is 0.312. The summed E-state index contributed by atoms with van der Waals surface area (Å²) >= 11 is 12.0. The number of ether oxygens (including phenoxy) is 1. The van der Waals surface area contributed by atoms with Crippen molar-refractivity contribution in [1.29, 1.82) is 0 Å². The fourth-order valence-electron chi connectivity index (χ4n) is 1.91. The van der Waals surface area contributed by atoms with E-state index in [2.05, 4.69) is 30.2 Å². The molecule has 0 aliphatic carbocycles. The van der Waals surface area contributed by atoms with Crippen LogP contribution >= 0.6 is 23.2 Å². The van der Waals surface area contributed by atoms with E-state index in [-0.39, 0.29) is 0 Å². The summed E-state index contributed by atoms with van der Waals surface area (Å²) < 4.78 is 5.81. The van der Waals surface area contributed by atoms with Gasteiger partial charge in [0.15, 0.2) is 0 Å². The van der Waals surface area contributed by atoms with Gasteiger partial charge in [-0.25, -0.2) is 4.98 Å². The molecule has 0 unspecified atom stereocenters. The maximum absolute atomic E-state index is 6.13. The zero-order valence-corrected chi connectivity index (χ0v) is 13.8. The van der Waals surface area contributed by atoms with E-state index in [1.54, 1.807) is 18.2 Å². The van der Waals surface area contributed by atoms with Gasteiger partial charge in [0.2, 0.25) is 5.88 Å². The lowest BCUT2D eigenvalue weighted by Gasteiger charge is -2.12. The van der Waals surface area contributed by atoms with Gasteiger partial charge in [-0.3, -0.25) is 0 Å². The van der Waals surface area contributed by atoms with Gasteiger partial charge >= 0.3 is 0 Å². The summed E-state index contributed by atoms with van der Waals surface area (Å²) in [5, 5.41) is 4.18. The van der Waals surface area contributed by atoms with Gasteiger partial charge in [0.05, 0.1) is 5.02 Å². The number of aromatic nitrogens is 1. The molecular weight excluding hydrogens is 307 g/mol. The molecule has 0 fully saturated rings. The first-order valence-electron chi connectivity index (χ1n) is 6.78. The first-order chi connectivity index (χ1) is 9.99. The second-order valence-electron chi connectivity index (χ2n) is 5.10. The molecule has 0 aliphatic rings. The molecule has 2 rings (SSSR count). The highest BCUT2D eigenvalue weighted by Crippen LogP contribution is 2.31. The van der Waals surface area contributed by atoms with E-state index in [0.29, 0.717) is 27.6 Å². The molecule has 1 heterocycles. The SMILES string of the molecule is CNCc1cc(Oc2ccc(Cl)cc2Cl)nc(C(C)C)c1. The molecule has 0 atom stereocenters.